The molecule has 0 bridgehead atoms. The fourth-order valence-corrected chi connectivity index (χ4v) is 6.43. The van der Waals surface area contributed by atoms with Crippen molar-refractivity contribution in [3.8, 4) is 16.9 Å². The predicted molar refractivity (Wildman–Crippen MR) is 145 cm³/mol. The normalized spacial score (nSPS) is 19.3. The lowest BCUT2D eigenvalue weighted by molar-refractivity contribution is 0.0173. The van der Waals surface area contributed by atoms with Gasteiger partial charge in [-0.05, 0) is 80.0 Å². The zero-order valence-electron chi connectivity index (χ0n) is 21.1. The first kappa shape index (κ1) is 25.8. The molecular weight excluding hydrogens is 524 g/mol. The summed E-state index contributed by atoms with van der Waals surface area (Å²) < 4.78 is 47.0. The molecule has 38 heavy (non-hydrogen) atoms. The molecule has 2 saturated carbocycles. The molecule has 0 amide bonds. The minimum atomic E-state index is -3.69. The van der Waals surface area contributed by atoms with E-state index in [4.69, 9.17) is 25.8 Å². The Morgan fingerprint density at radius 1 is 1.03 bits per heavy atom. The molecule has 2 aliphatic carbocycles. The van der Waals surface area contributed by atoms with Gasteiger partial charge in [-0.15, -0.1) is 0 Å². The van der Waals surface area contributed by atoms with Crippen molar-refractivity contribution in [1.29, 1.82) is 0 Å². The van der Waals surface area contributed by atoms with E-state index in [1.807, 2.05) is 30.5 Å². The summed E-state index contributed by atoms with van der Waals surface area (Å²) in [7, 11) is -3.69. The fraction of sp³-hybridized carbons (Fsp3) is 0.414. The number of rotatable bonds is 10. The Balaban J connectivity index is 1.23. The molecule has 1 N–H and O–H groups in total. The topological polar surface area (TPSA) is 86.8 Å². The molecule has 1 aliphatic heterocycles. The Labute approximate surface area is 228 Å². The quantitative estimate of drug-likeness (QED) is 0.351. The molecule has 3 aromatic rings. The second kappa shape index (κ2) is 10.6. The van der Waals surface area contributed by atoms with E-state index < -0.39 is 15.6 Å². The Morgan fingerprint density at radius 3 is 2.58 bits per heavy atom. The highest BCUT2D eigenvalue weighted by atomic mass is 35.5. The maximum atomic E-state index is 13.1. The molecule has 2 aromatic carbocycles. The van der Waals surface area contributed by atoms with Crippen LogP contribution in [0.15, 0.2) is 65.8 Å². The third kappa shape index (κ3) is 5.60. The molecule has 7 nitrogen and oxygen atoms in total. The largest absolute Gasteiger partial charge is 0.490 e. The second-order valence-corrected chi connectivity index (χ2v) is 12.4. The van der Waals surface area contributed by atoms with E-state index in [0.717, 1.165) is 48.1 Å². The van der Waals surface area contributed by atoms with E-state index in [0.29, 0.717) is 42.7 Å². The van der Waals surface area contributed by atoms with Gasteiger partial charge in [0, 0.05) is 47.8 Å². The third-order valence-electron chi connectivity index (χ3n) is 7.39. The molecule has 0 unspecified atom stereocenters. The minimum absolute atomic E-state index is 0.130. The summed E-state index contributed by atoms with van der Waals surface area (Å²) in [5, 5.41) is 0.473. The fourth-order valence-electron chi connectivity index (χ4n) is 4.90. The van der Waals surface area contributed by atoms with Crippen LogP contribution in [0.1, 0.15) is 49.7 Å². The minimum Gasteiger partial charge on any atom is -0.490 e. The lowest BCUT2D eigenvalue weighted by atomic mass is 9.96. The maximum absolute atomic E-state index is 13.1. The van der Waals surface area contributed by atoms with Crippen molar-refractivity contribution in [2.75, 3.05) is 13.2 Å². The van der Waals surface area contributed by atoms with Gasteiger partial charge in [-0.1, -0.05) is 29.8 Å². The number of aromatic nitrogens is 1. The van der Waals surface area contributed by atoms with Gasteiger partial charge < -0.3 is 14.2 Å². The van der Waals surface area contributed by atoms with Gasteiger partial charge in [-0.3, -0.25) is 4.98 Å². The molecule has 9 heteroatoms. The van der Waals surface area contributed by atoms with Crippen molar-refractivity contribution in [3.63, 3.8) is 0 Å². The summed E-state index contributed by atoms with van der Waals surface area (Å²) in [6.07, 6.45) is 9.14. The lowest BCUT2D eigenvalue weighted by Gasteiger charge is -2.23. The van der Waals surface area contributed by atoms with Crippen LogP contribution in [0.5, 0.6) is 5.75 Å². The molecule has 0 spiro atoms. The Bertz CT molecular complexity index is 1420. The number of nitrogens with one attached hydrogen (secondary N) is 1. The number of benzene rings is 2. The van der Waals surface area contributed by atoms with E-state index in [1.165, 1.54) is 6.07 Å². The highest BCUT2D eigenvalue weighted by molar-refractivity contribution is 7.89. The van der Waals surface area contributed by atoms with Gasteiger partial charge in [-0.2, -0.15) is 0 Å². The molecule has 3 fully saturated rings. The van der Waals surface area contributed by atoms with Crippen LogP contribution in [0.2, 0.25) is 5.02 Å². The highest BCUT2D eigenvalue weighted by Crippen LogP contribution is 2.53. The summed E-state index contributed by atoms with van der Waals surface area (Å²) in [4.78, 5) is 4.60. The summed E-state index contributed by atoms with van der Waals surface area (Å²) >= 11 is 6.50. The SMILES string of the molecule is O=S(=O)(NC1CCOCC1)c1ccc(Cl)c(COC2(c3cnccc3-c3ccccc3OC3CC3)CC2)c1. The van der Waals surface area contributed by atoms with Gasteiger partial charge in [0.05, 0.1) is 23.2 Å². The van der Waals surface area contributed by atoms with Crippen LogP contribution >= 0.6 is 11.6 Å². The molecule has 6 rings (SSSR count). The van der Waals surface area contributed by atoms with Gasteiger partial charge in [0.1, 0.15) is 5.75 Å². The smallest absolute Gasteiger partial charge is 0.240 e. The molecule has 3 aliphatic rings. The van der Waals surface area contributed by atoms with Gasteiger partial charge in [0.2, 0.25) is 10.0 Å². The summed E-state index contributed by atoms with van der Waals surface area (Å²) in [6, 6.07) is 14.7. The average Bonchev–Trinajstić information content (AvgIpc) is 3.86. The maximum Gasteiger partial charge on any atom is 0.240 e. The van der Waals surface area contributed by atoms with E-state index in [-0.39, 0.29) is 17.5 Å². The number of halogens is 1. The lowest BCUT2D eigenvalue weighted by Crippen LogP contribution is -2.38. The van der Waals surface area contributed by atoms with Gasteiger partial charge in [0.15, 0.2) is 0 Å². The van der Waals surface area contributed by atoms with E-state index >= 15 is 0 Å². The van der Waals surface area contributed by atoms with Crippen molar-refractivity contribution in [2.45, 2.75) is 67.8 Å². The Hall–Kier alpha value is -2.49. The van der Waals surface area contributed by atoms with E-state index in [9.17, 15) is 8.42 Å². The molecule has 2 heterocycles. The number of hydrogen-bond donors (Lipinski definition) is 1. The van der Waals surface area contributed by atoms with Crippen LogP contribution in [0.4, 0.5) is 0 Å². The second-order valence-electron chi connectivity index (χ2n) is 10.3. The first-order valence-electron chi connectivity index (χ1n) is 13.2. The molecule has 200 valence electrons. The number of pyridine rings is 1. The number of nitrogens with zero attached hydrogens (tertiary/aromatic N) is 1. The summed E-state index contributed by atoms with van der Waals surface area (Å²) in [5.74, 6) is 0.872. The van der Waals surface area contributed by atoms with Crippen molar-refractivity contribution in [3.05, 3.63) is 77.1 Å². The molecule has 1 aromatic heterocycles. The third-order valence-corrected chi connectivity index (χ3v) is 9.27. The number of hydrogen-bond acceptors (Lipinski definition) is 6. The van der Waals surface area contributed by atoms with Crippen molar-refractivity contribution in [2.24, 2.45) is 0 Å². The van der Waals surface area contributed by atoms with Crippen LogP contribution in [-0.4, -0.2) is 38.8 Å². The standard InChI is InChI=1S/C29H31ClN2O5S/c30-27-8-7-23(38(33,34)32-21-10-15-35-16-11-21)17-20(27)19-36-29(12-13-29)26-18-31-14-9-24(26)25-3-1-2-4-28(25)37-22-5-6-22/h1-4,7-9,14,17-18,21-22,32H,5-6,10-13,15-16,19H2. The summed E-state index contributed by atoms with van der Waals surface area (Å²) in [6.45, 7) is 1.30. The van der Waals surface area contributed by atoms with E-state index in [1.54, 1.807) is 18.3 Å². The highest BCUT2D eigenvalue weighted by Gasteiger charge is 2.48. The monoisotopic (exact) mass is 554 g/mol. The molecule has 0 atom stereocenters. The van der Waals surface area contributed by atoms with Crippen LogP contribution in [0.25, 0.3) is 11.1 Å². The van der Waals surface area contributed by atoms with Crippen LogP contribution in [0, 0.1) is 0 Å². The Kier molecular flexibility index (Phi) is 7.18. The predicted octanol–water partition coefficient (Wildman–Crippen LogP) is 5.61. The molecule has 0 radical (unpaired) electrons. The number of ether oxygens (including phenoxy) is 3. The average molecular weight is 555 g/mol. The first-order valence-corrected chi connectivity index (χ1v) is 15.0. The molecule has 1 saturated heterocycles. The van der Waals surface area contributed by atoms with Crippen LogP contribution < -0.4 is 9.46 Å². The number of sulfonamides is 1. The molecular formula is C29H31ClN2O5S. The van der Waals surface area contributed by atoms with Crippen molar-refractivity contribution in [1.82, 2.24) is 9.71 Å². The first-order chi connectivity index (χ1) is 18.4. The van der Waals surface area contributed by atoms with E-state index in [2.05, 4.69) is 15.8 Å². The summed E-state index contributed by atoms with van der Waals surface area (Å²) in [5.41, 5.74) is 3.20. The van der Waals surface area contributed by atoms with Crippen LogP contribution in [-0.2, 0) is 31.7 Å². The van der Waals surface area contributed by atoms with Crippen molar-refractivity contribution < 1.29 is 22.6 Å². The van der Waals surface area contributed by atoms with Gasteiger partial charge in [-0.25, -0.2) is 13.1 Å². The van der Waals surface area contributed by atoms with Crippen LogP contribution in [0.3, 0.4) is 0 Å². The number of para-hydroxylation sites is 1. The zero-order chi connectivity index (χ0) is 26.2. The Morgan fingerprint density at radius 2 is 1.82 bits per heavy atom. The van der Waals surface area contributed by atoms with Gasteiger partial charge >= 0.3 is 0 Å². The zero-order valence-corrected chi connectivity index (χ0v) is 22.6. The van der Waals surface area contributed by atoms with Crippen molar-refractivity contribution >= 4 is 21.6 Å². The van der Waals surface area contributed by atoms with Gasteiger partial charge in [0.25, 0.3) is 0 Å².